The number of fused-ring (bicyclic) bond motifs is 8. The van der Waals surface area contributed by atoms with Crippen molar-refractivity contribution in [2.45, 2.75) is 111 Å². The SMILES string of the molecule is Cc1cc2c3c(c1)N(c1ccc(-c4ccc5c(c4)oc4ccccc45)cc1)c1cc4c(cc1B3c1cc(C(C)(C)C)ccc1N2c1ccc(C(C)(C)C)cc1)C(C)(C)CCC4(C)C. The first-order valence-electron chi connectivity index (χ1n) is 23.1. The van der Waals surface area contributed by atoms with E-state index < -0.39 is 0 Å². The van der Waals surface area contributed by atoms with Crippen molar-refractivity contribution in [2.75, 3.05) is 9.80 Å². The lowest BCUT2D eigenvalue weighted by Gasteiger charge is -2.47. The van der Waals surface area contributed by atoms with Gasteiger partial charge in [-0.1, -0.05) is 136 Å². The number of nitrogens with zero attached hydrogens (tertiary/aromatic N) is 2. The fourth-order valence-electron chi connectivity index (χ4n) is 11.0. The predicted octanol–water partition coefficient (Wildman–Crippen LogP) is 14.6. The number of aryl methyl sites for hydroxylation is 1. The molecule has 0 bridgehead atoms. The van der Waals surface area contributed by atoms with Crippen LogP contribution in [-0.4, -0.2) is 6.71 Å². The van der Waals surface area contributed by atoms with Gasteiger partial charge in [-0.15, -0.1) is 0 Å². The Balaban J connectivity index is 1.16. The van der Waals surface area contributed by atoms with Crippen LogP contribution < -0.4 is 26.2 Å². The second kappa shape index (κ2) is 13.5. The molecule has 2 aliphatic heterocycles. The van der Waals surface area contributed by atoms with Crippen molar-refractivity contribution in [2.24, 2.45) is 0 Å². The molecule has 0 unspecified atom stereocenters. The van der Waals surface area contributed by atoms with Crippen LogP contribution in [0.15, 0.2) is 138 Å². The third kappa shape index (κ3) is 6.22. The van der Waals surface area contributed by atoms with Gasteiger partial charge in [0.25, 0.3) is 6.71 Å². The maximum absolute atomic E-state index is 6.34. The second-order valence-electron chi connectivity index (χ2n) is 22.2. The zero-order valence-corrected chi connectivity index (χ0v) is 39.0. The number of hydrogen-bond acceptors (Lipinski definition) is 3. The molecular weight excluding hydrogens is 763 g/mol. The summed E-state index contributed by atoms with van der Waals surface area (Å²) in [5, 5.41) is 2.31. The summed E-state index contributed by atoms with van der Waals surface area (Å²) in [7, 11) is 0. The summed E-state index contributed by atoms with van der Waals surface area (Å²) in [6.07, 6.45) is 2.34. The number of anilines is 6. The van der Waals surface area contributed by atoms with E-state index in [-0.39, 0.29) is 28.4 Å². The largest absolute Gasteiger partial charge is 0.456 e. The molecule has 63 heavy (non-hydrogen) atoms. The second-order valence-corrected chi connectivity index (χ2v) is 22.2. The Labute approximate surface area is 374 Å². The number of hydrogen-bond donors (Lipinski definition) is 0. The average Bonchev–Trinajstić information content (AvgIpc) is 3.62. The van der Waals surface area contributed by atoms with Gasteiger partial charge in [0.15, 0.2) is 0 Å². The Kier molecular flexibility index (Phi) is 8.54. The molecular formula is C59H59BN2O. The molecule has 0 amide bonds. The maximum Gasteiger partial charge on any atom is 0.252 e. The summed E-state index contributed by atoms with van der Waals surface area (Å²) in [4.78, 5) is 5.16. The molecule has 0 N–H and O–H groups in total. The summed E-state index contributed by atoms with van der Waals surface area (Å²) < 4.78 is 6.34. The van der Waals surface area contributed by atoms with Crippen molar-refractivity contribution in [1.82, 2.24) is 0 Å². The summed E-state index contributed by atoms with van der Waals surface area (Å²) in [5.41, 5.74) is 22.9. The molecule has 4 heteroatoms. The van der Waals surface area contributed by atoms with Gasteiger partial charge < -0.3 is 14.2 Å². The lowest BCUT2D eigenvalue weighted by atomic mass is 9.33. The molecule has 3 nitrogen and oxygen atoms in total. The Hall–Kier alpha value is -6.00. The predicted molar refractivity (Wildman–Crippen MR) is 271 cm³/mol. The summed E-state index contributed by atoms with van der Waals surface area (Å²) in [6, 6.07) is 51.1. The number of para-hydroxylation sites is 1. The summed E-state index contributed by atoms with van der Waals surface area (Å²) in [6.45, 7) is 26.1. The van der Waals surface area contributed by atoms with Gasteiger partial charge in [0.05, 0.1) is 0 Å². The minimum Gasteiger partial charge on any atom is -0.456 e. The van der Waals surface area contributed by atoms with Crippen LogP contribution in [-0.2, 0) is 21.7 Å². The highest BCUT2D eigenvalue weighted by atomic mass is 16.3. The van der Waals surface area contributed by atoms with Crippen LogP contribution in [0.1, 0.15) is 110 Å². The van der Waals surface area contributed by atoms with E-state index >= 15 is 0 Å². The van der Waals surface area contributed by atoms with Crippen molar-refractivity contribution in [3.8, 4) is 11.1 Å². The first-order chi connectivity index (χ1) is 29.9. The van der Waals surface area contributed by atoms with Crippen molar-refractivity contribution in [1.29, 1.82) is 0 Å². The Morgan fingerprint density at radius 1 is 0.492 bits per heavy atom. The van der Waals surface area contributed by atoms with Gasteiger partial charge in [-0.3, -0.25) is 0 Å². The Bertz CT molecular complexity index is 3150. The van der Waals surface area contributed by atoms with E-state index in [9.17, 15) is 0 Å². The number of benzene rings is 7. The number of rotatable bonds is 3. The smallest absolute Gasteiger partial charge is 0.252 e. The fourth-order valence-corrected chi connectivity index (χ4v) is 11.0. The van der Waals surface area contributed by atoms with E-state index in [1.807, 2.05) is 6.07 Å². The van der Waals surface area contributed by atoms with Gasteiger partial charge in [-0.05, 0) is 163 Å². The summed E-state index contributed by atoms with van der Waals surface area (Å²) in [5.74, 6) is 0. The van der Waals surface area contributed by atoms with Crippen LogP contribution in [0.25, 0.3) is 33.1 Å². The highest BCUT2D eigenvalue weighted by Crippen LogP contribution is 2.51. The monoisotopic (exact) mass is 822 g/mol. The van der Waals surface area contributed by atoms with Gasteiger partial charge in [0.1, 0.15) is 11.2 Å². The van der Waals surface area contributed by atoms with Gasteiger partial charge in [0.2, 0.25) is 0 Å². The van der Waals surface area contributed by atoms with Crippen LogP contribution in [0.5, 0.6) is 0 Å². The Morgan fingerprint density at radius 3 is 1.68 bits per heavy atom. The van der Waals surface area contributed by atoms with Gasteiger partial charge in [-0.25, -0.2) is 0 Å². The molecule has 1 aromatic heterocycles. The molecule has 0 atom stereocenters. The first kappa shape index (κ1) is 39.8. The van der Waals surface area contributed by atoms with Crippen molar-refractivity contribution >= 4 is 79.2 Å². The molecule has 314 valence electrons. The lowest BCUT2D eigenvalue weighted by molar-refractivity contribution is 0.332. The molecule has 7 aromatic carbocycles. The Morgan fingerprint density at radius 2 is 1.03 bits per heavy atom. The van der Waals surface area contributed by atoms with Crippen LogP contribution >= 0.6 is 0 Å². The average molecular weight is 823 g/mol. The molecule has 0 saturated carbocycles. The van der Waals surface area contributed by atoms with Crippen molar-refractivity contribution in [3.05, 3.63) is 161 Å². The lowest BCUT2D eigenvalue weighted by Crippen LogP contribution is -2.62. The standard InChI is InChI=1S/C59H59BN2O/c1-36-30-51-55-52(31-36)62(41-22-16-37(17-23-41)38-18-26-44-43-14-12-13-15-53(43)63-54(44)32-38)50-35-46-45(58(8,9)28-29-59(46,10)11)34-48(50)60(55)47-33-40(57(5,6)7)21-27-49(47)61(51)42-24-19-39(20-25-42)56(2,3)4/h12-27,30-35H,28-29H2,1-11H3. The van der Waals surface area contributed by atoms with Gasteiger partial charge in [0, 0.05) is 44.9 Å². The van der Waals surface area contributed by atoms with E-state index in [4.69, 9.17) is 4.42 Å². The van der Waals surface area contributed by atoms with Gasteiger partial charge in [-0.2, -0.15) is 0 Å². The van der Waals surface area contributed by atoms with Gasteiger partial charge >= 0.3 is 0 Å². The van der Waals surface area contributed by atoms with Crippen molar-refractivity contribution < 1.29 is 4.42 Å². The molecule has 1 aliphatic carbocycles. The number of furan rings is 1. The molecule has 0 radical (unpaired) electrons. The molecule has 3 heterocycles. The molecule has 0 spiro atoms. The zero-order valence-electron chi connectivity index (χ0n) is 39.0. The van der Waals surface area contributed by atoms with E-state index in [1.54, 1.807) is 0 Å². The maximum atomic E-state index is 6.34. The van der Waals surface area contributed by atoms with Crippen LogP contribution in [0.3, 0.4) is 0 Å². The van der Waals surface area contributed by atoms with Crippen LogP contribution in [0, 0.1) is 6.92 Å². The van der Waals surface area contributed by atoms with E-state index in [0.717, 1.165) is 27.5 Å². The molecule has 0 saturated heterocycles. The van der Waals surface area contributed by atoms with Crippen molar-refractivity contribution in [3.63, 3.8) is 0 Å². The quantitative estimate of drug-likeness (QED) is 0.166. The van der Waals surface area contributed by atoms with Crippen LogP contribution in [0.4, 0.5) is 34.1 Å². The molecule has 3 aliphatic rings. The molecule has 0 fully saturated rings. The molecule has 8 aromatic rings. The first-order valence-corrected chi connectivity index (χ1v) is 23.1. The zero-order chi connectivity index (χ0) is 44.0. The normalized spacial score (nSPS) is 16.2. The van der Waals surface area contributed by atoms with E-state index in [2.05, 4.69) is 213 Å². The topological polar surface area (TPSA) is 19.6 Å². The highest BCUT2D eigenvalue weighted by Gasteiger charge is 2.46. The third-order valence-electron chi connectivity index (χ3n) is 14.9. The van der Waals surface area contributed by atoms with E-state index in [1.165, 1.54) is 96.7 Å². The third-order valence-corrected chi connectivity index (χ3v) is 14.9. The highest BCUT2D eigenvalue weighted by molar-refractivity contribution is 7.00. The molecule has 11 rings (SSSR count). The minimum atomic E-state index is -0.00726. The van der Waals surface area contributed by atoms with E-state index in [0.29, 0.717) is 0 Å². The van der Waals surface area contributed by atoms with Crippen LogP contribution in [0.2, 0.25) is 0 Å². The fraction of sp³-hybridized carbons (Fsp3) is 0.288. The summed E-state index contributed by atoms with van der Waals surface area (Å²) >= 11 is 0. The minimum absolute atomic E-state index is 0.00726.